The molecule has 0 atom stereocenters. The number of hydrogen-bond donors (Lipinski definition) is 1. The highest BCUT2D eigenvalue weighted by Crippen LogP contribution is 2.30. The number of anilines is 2. The van der Waals surface area contributed by atoms with Crippen molar-refractivity contribution in [2.75, 3.05) is 57.1 Å². The third-order valence-corrected chi connectivity index (χ3v) is 6.03. The maximum absolute atomic E-state index is 12.7. The van der Waals surface area contributed by atoms with Crippen LogP contribution in [0.5, 0.6) is 11.5 Å². The molecule has 27 heavy (non-hydrogen) atoms. The van der Waals surface area contributed by atoms with Crippen molar-refractivity contribution in [2.24, 2.45) is 0 Å². The molecule has 1 saturated heterocycles. The maximum atomic E-state index is 12.7. The highest BCUT2D eigenvalue weighted by molar-refractivity contribution is 7.92. The third-order valence-electron chi connectivity index (χ3n) is 4.65. The Morgan fingerprint density at radius 1 is 0.889 bits per heavy atom. The molecule has 1 fully saturated rings. The lowest BCUT2D eigenvalue weighted by molar-refractivity contribution is 0.313. The van der Waals surface area contributed by atoms with Gasteiger partial charge in [0.15, 0.2) is 11.5 Å². The van der Waals surface area contributed by atoms with Crippen LogP contribution >= 0.6 is 0 Å². The quantitative estimate of drug-likeness (QED) is 0.815. The van der Waals surface area contributed by atoms with Crippen LogP contribution in [0.25, 0.3) is 0 Å². The Bertz CT molecular complexity index is 876. The highest BCUT2D eigenvalue weighted by Gasteiger charge is 2.18. The summed E-state index contributed by atoms with van der Waals surface area (Å²) in [6.45, 7) is 3.97. The minimum Gasteiger partial charge on any atom is -0.493 e. The van der Waals surface area contributed by atoms with Crippen LogP contribution < -0.4 is 19.1 Å². The molecule has 0 aromatic heterocycles. The van der Waals surface area contributed by atoms with E-state index in [1.807, 2.05) is 12.1 Å². The van der Waals surface area contributed by atoms with Crippen LogP contribution in [0, 0.1) is 0 Å². The minimum absolute atomic E-state index is 0.114. The fourth-order valence-corrected chi connectivity index (χ4v) is 4.08. The molecule has 1 aliphatic rings. The fourth-order valence-electron chi connectivity index (χ4n) is 3.00. The van der Waals surface area contributed by atoms with Gasteiger partial charge >= 0.3 is 0 Å². The second kappa shape index (κ2) is 8.06. The Labute approximate surface area is 160 Å². The van der Waals surface area contributed by atoms with Gasteiger partial charge in [-0.1, -0.05) is 0 Å². The van der Waals surface area contributed by atoms with E-state index in [2.05, 4.69) is 21.6 Å². The first-order valence-corrected chi connectivity index (χ1v) is 10.2. The summed E-state index contributed by atoms with van der Waals surface area (Å²) >= 11 is 0. The molecule has 2 aromatic rings. The molecule has 0 spiro atoms. The number of nitrogens with one attached hydrogen (secondary N) is 1. The van der Waals surface area contributed by atoms with Gasteiger partial charge in [0.25, 0.3) is 10.0 Å². The lowest BCUT2D eigenvalue weighted by Crippen LogP contribution is -2.44. The first kappa shape index (κ1) is 19.3. The van der Waals surface area contributed by atoms with E-state index in [-0.39, 0.29) is 4.90 Å². The van der Waals surface area contributed by atoms with Crippen LogP contribution in [0.15, 0.2) is 47.4 Å². The normalized spacial score (nSPS) is 15.4. The molecule has 1 N–H and O–H groups in total. The number of piperazine rings is 1. The average Bonchev–Trinajstić information content (AvgIpc) is 2.68. The summed E-state index contributed by atoms with van der Waals surface area (Å²) in [6.07, 6.45) is 0. The lowest BCUT2D eigenvalue weighted by atomic mass is 10.2. The first-order chi connectivity index (χ1) is 12.9. The zero-order valence-corrected chi connectivity index (χ0v) is 16.6. The molecule has 0 radical (unpaired) electrons. The molecule has 7 nitrogen and oxygen atoms in total. The van der Waals surface area contributed by atoms with E-state index in [0.29, 0.717) is 17.2 Å². The van der Waals surface area contributed by atoms with E-state index in [4.69, 9.17) is 9.47 Å². The lowest BCUT2D eigenvalue weighted by Gasteiger charge is -2.34. The predicted octanol–water partition coefficient (Wildman–Crippen LogP) is 2.26. The standard InChI is InChI=1S/C19H25N3O4S/c1-21-10-12-22(13-11-21)16-6-4-15(5-7-16)20-27(23,24)17-8-9-18(25-2)19(14-17)26-3/h4-9,14,20H,10-13H2,1-3H3. The Morgan fingerprint density at radius 2 is 1.52 bits per heavy atom. The van der Waals surface area contributed by atoms with Gasteiger partial charge in [-0.3, -0.25) is 4.72 Å². The number of methoxy groups -OCH3 is 2. The summed E-state index contributed by atoms with van der Waals surface area (Å²) < 4.78 is 38.3. The third kappa shape index (κ3) is 4.45. The molecule has 0 amide bonds. The van der Waals surface area contributed by atoms with Gasteiger partial charge in [0.05, 0.1) is 19.1 Å². The number of ether oxygens (including phenoxy) is 2. The van der Waals surface area contributed by atoms with Gasteiger partial charge in [0.2, 0.25) is 0 Å². The Kier molecular flexibility index (Phi) is 5.76. The van der Waals surface area contributed by atoms with E-state index in [0.717, 1.165) is 31.9 Å². The van der Waals surface area contributed by atoms with Crippen LogP contribution in [0.4, 0.5) is 11.4 Å². The Hall–Kier alpha value is -2.45. The van der Waals surface area contributed by atoms with Crippen LogP contribution in [-0.2, 0) is 10.0 Å². The van der Waals surface area contributed by atoms with Gasteiger partial charge in [-0.15, -0.1) is 0 Å². The number of rotatable bonds is 6. The fraction of sp³-hybridized carbons (Fsp3) is 0.368. The molecule has 8 heteroatoms. The number of benzene rings is 2. The summed E-state index contributed by atoms with van der Waals surface area (Å²) in [6, 6.07) is 12.0. The van der Waals surface area contributed by atoms with E-state index < -0.39 is 10.0 Å². The Balaban J connectivity index is 1.74. The van der Waals surface area contributed by atoms with Crippen molar-refractivity contribution < 1.29 is 17.9 Å². The first-order valence-electron chi connectivity index (χ1n) is 8.71. The summed E-state index contributed by atoms with van der Waals surface area (Å²) in [5, 5.41) is 0. The zero-order valence-electron chi connectivity index (χ0n) is 15.8. The van der Waals surface area contributed by atoms with Crippen molar-refractivity contribution in [3.05, 3.63) is 42.5 Å². The smallest absolute Gasteiger partial charge is 0.262 e. The summed E-state index contributed by atoms with van der Waals surface area (Å²) in [7, 11) is 1.37. The molecule has 146 valence electrons. The molecule has 1 aliphatic heterocycles. The topological polar surface area (TPSA) is 71.1 Å². The number of nitrogens with zero attached hydrogens (tertiary/aromatic N) is 2. The van der Waals surface area contributed by atoms with E-state index in [1.165, 1.54) is 26.4 Å². The van der Waals surface area contributed by atoms with Crippen LogP contribution in [0.2, 0.25) is 0 Å². The van der Waals surface area contributed by atoms with Gasteiger partial charge in [-0.2, -0.15) is 0 Å². The SMILES string of the molecule is COc1ccc(S(=O)(=O)Nc2ccc(N3CCN(C)CC3)cc2)cc1OC. The second-order valence-corrected chi connectivity index (χ2v) is 8.14. The summed E-state index contributed by atoms with van der Waals surface area (Å²) in [5.41, 5.74) is 1.61. The number of likely N-dealkylation sites (N-methyl/N-ethyl adjacent to an activating group) is 1. The van der Waals surface area contributed by atoms with Crippen molar-refractivity contribution in [3.63, 3.8) is 0 Å². The summed E-state index contributed by atoms with van der Waals surface area (Å²) in [5.74, 6) is 0.846. The summed E-state index contributed by atoms with van der Waals surface area (Å²) in [4.78, 5) is 4.71. The molecular weight excluding hydrogens is 366 g/mol. The van der Waals surface area contributed by atoms with E-state index in [1.54, 1.807) is 18.2 Å². The van der Waals surface area contributed by atoms with Crippen LogP contribution in [0.3, 0.4) is 0 Å². The molecule has 3 rings (SSSR count). The number of sulfonamides is 1. The van der Waals surface area contributed by atoms with Crippen molar-refractivity contribution in [1.29, 1.82) is 0 Å². The molecule has 0 bridgehead atoms. The van der Waals surface area contributed by atoms with Crippen molar-refractivity contribution in [3.8, 4) is 11.5 Å². The van der Waals surface area contributed by atoms with E-state index in [9.17, 15) is 8.42 Å². The average molecular weight is 391 g/mol. The molecular formula is C19H25N3O4S. The van der Waals surface area contributed by atoms with Gasteiger partial charge in [-0.25, -0.2) is 8.42 Å². The van der Waals surface area contributed by atoms with Gasteiger partial charge in [0.1, 0.15) is 0 Å². The predicted molar refractivity (Wildman–Crippen MR) is 107 cm³/mol. The highest BCUT2D eigenvalue weighted by atomic mass is 32.2. The maximum Gasteiger partial charge on any atom is 0.262 e. The molecule has 2 aromatic carbocycles. The Morgan fingerprint density at radius 3 is 2.11 bits per heavy atom. The van der Waals surface area contributed by atoms with Gasteiger partial charge in [0, 0.05) is 43.6 Å². The van der Waals surface area contributed by atoms with Crippen molar-refractivity contribution in [1.82, 2.24) is 4.90 Å². The molecule has 0 aliphatic carbocycles. The zero-order chi connectivity index (χ0) is 19.4. The molecule has 0 unspecified atom stereocenters. The molecule has 1 heterocycles. The second-order valence-electron chi connectivity index (χ2n) is 6.46. The minimum atomic E-state index is -3.72. The van der Waals surface area contributed by atoms with Gasteiger partial charge in [-0.05, 0) is 43.4 Å². The number of hydrogen-bond acceptors (Lipinski definition) is 6. The van der Waals surface area contributed by atoms with Gasteiger partial charge < -0.3 is 19.3 Å². The van der Waals surface area contributed by atoms with Crippen molar-refractivity contribution in [2.45, 2.75) is 4.90 Å². The molecule has 0 saturated carbocycles. The van der Waals surface area contributed by atoms with Crippen LogP contribution in [-0.4, -0.2) is 60.8 Å². The van der Waals surface area contributed by atoms with Crippen molar-refractivity contribution >= 4 is 21.4 Å². The van der Waals surface area contributed by atoms with E-state index >= 15 is 0 Å². The monoisotopic (exact) mass is 391 g/mol. The van der Waals surface area contributed by atoms with Crippen LogP contribution in [0.1, 0.15) is 0 Å². The largest absolute Gasteiger partial charge is 0.493 e.